The Kier molecular flexibility index (Phi) is 4.74. The Morgan fingerprint density at radius 2 is 2.12 bits per heavy atom. The molecule has 4 nitrogen and oxygen atoms in total. The molecule has 0 amide bonds. The van der Waals surface area contributed by atoms with Gasteiger partial charge in [0.15, 0.2) is 0 Å². The number of carbonyl (C=O) groups is 1. The normalized spacial score (nSPS) is 28.0. The number of carboxylic acids is 1. The third kappa shape index (κ3) is 3.46. The lowest BCUT2D eigenvalue weighted by atomic mass is 9.87. The molecule has 16 heavy (non-hydrogen) atoms. The predicted molar refractivity (Wildman–Crippen MR) is 64.6 cm³/mol. The van der Waals surface area contributed by atoms with Crippen molar-refractivity contribution in [3.05, 3.63) is 0 Å². The van der Waals surface area contributed by atoms with Crippen LogP contribution in [0, 0.1) is 0 Å². The van der Waals surface area contributed by atoms with Crippen LogP contribution >= 0.6 is 0 Å². The van der Waals surface area contributed by atoms with Crippen molar-refractivity contribution in [3.63, 3.8) is 0 Å². The lowest BCUT2D eigenvalue weighted by molar-refractivity contribution is -0.138. The maximum Gasteiger partial charge on any atom is 0.305 e. The summed E-state index contributed by atoms with van der Waals surface area (Å²) >= 11 is 0. The molecule has 1 aliphatic rings. The molecule has 0 radical (unpaired) electrons. The van der Waals surface area contributed by atoms with Crippen molar-refractivity contribution in [2.24, 2.45) is 0 Å². The Morgan fingerprint density at radius 1 is 1.44 bits per heavy atom. The van der Waals surface area contributed by atoms with Gasteiger partial charge in [0.1, 0.15) is 0 Å². The van der Waals surface area contributed by atoms with Crippen molar-refractivity contribution >= 4 is 5.97 Å². The van der Waals surface area contributed by atoms with E-state index < -0.39 is 5.97 Å². The average molecular weight is 228 g/mol. The van der Waals surface area contributed by atoms with Gasteiger partial charge in [-0.3, -0.25) is 4.79 Å². The van der Waals surface area contributed by atoms with Gasteiger partial charge in [0.2, 0.25) is 0 Å². The first-order valence-corrected chi connectivity index (χ1v) is 6.14. The smallest absolute Gasteiger partial charge is 0.305 e. The molecule has 1 atom stereocenters. The van der Waals surface area contributed by atoms with E-state index in [4.69, 9.17) is 5.11 Å². The minimum atomic E-state index is -0.702. The topological polar surface area (TPSA) is 52.6 Å². The Morgan fingerprint density at radius 3 is 2.62 bits per heavy atom. The van der Waals surface area contributed by atoms with E-state index in [0.717, 1.165) is 32.4 Å². The van der Waals surface area contributed by atoms with Gasteiger partial charge in [-0.2, -0.15) is 0 Å². The van der Waals surface area contributed by atoms with E-state index in [-0.39, 0.29) is 12.0 Å². The quantitative estimate of drug-likeness (QED) is 0.762. The van der Waals surface area contributed by atoms with Gasteiger partial charge < -0.3 is 15.3 Å². The molecule has 4 heteroatoms. The monoisotopic (exact) mass is 228 g/mol. The van der Waals surface area contributed by atoms with Gasteiger partial charge >= 0.3 is 5.97 Å². The average Bonchev–Trinajstić information content (AvgIpc) is 2.40. The number of aliphatic carboxylic acids is 1. The van der Waals surface area contributed by atoms with Crippen LogP contribution in [0.3, 0.4) is 0 Å². The number of hydrogen-bond donors (Lipinski definition) is 2. The number of rotatable bonds is 4. The zero-order chi connectivity index (χ0) is 12.2. The molecule has 0 aliphatic carbocycles. The highest BCUT2D eigenvalue weighted by Crippen LogP contribution is 2.26. The standard InChI is InChI=1S/C12H24N2O2/c1-10(2)14-7-4-5-12(13-3,6-8-14)9-11(15)16/h10,13H,4-9H2,1-3H3,(H,15,16). The Labute approximate surface area is 98.0 Å². The third-order valence-corrected chi connectivity index (χ3v) is 3.73. The van der Waals surface area contributed by atoms with E-state index in [9.17, 15) is 4.79 Å². The molecule has 2 N–H and O–H groups in total. The van der Waals surface area contributed by atoms with E-state index in [1.165, 1.54) is 0 Å². The first kappa shape index (κ1) is 13.5. The summed E-state index contributed by atoms with van der Waals surface area (Å²) in [4.78, 5) is 13.3. The summed E-state index contributed by atoms with van der Waals surface area (Å²) in [5.74, 6) is -0.702. The van der Waals surface area contributed by atoms with Crippen LogP contribution in [-0.2, 0) is 4.79 Å². The molecular weight excluding hydrogens is 204 g/mol. The van der Waals surface area contributed by atoms with Crippen molar-refractivity contribution in [2.45, 2.75) is 51.1 Å². The van der Waals surface area contributed by atoms with Crippen LogP contribution in [0.5, 0.6) is 0 Å². The molecule has 0 bridgehead atoms. The van der Waals surface area contributed by atoms with E-state index >= 15 is 0 Å². The fourth-order valence-corrected chi connectivity index (χ4v) is 2.54. The zero-order valence-corrected chi connectivity index (χ0v) is 10.6. The van der Waals surface area contributed by atoms with Gasteiger partial charge in [-0.25, -0.2) is 0 Å². The summed E-state index contributed by atoms with van der Waals surface area (Å²) < 4.78 is 0. The largest absolute Gasteiger partial charge is 0.481 e. The molecule has 0 spiro atoms. The highest BCUT2D eigenvalue weighted by molar-refractivity contribution is 5.68. The van der Waals surface area contributed by atoms with Gasteiger partial charge in [0.05, 0.1) is 6.42 Å². The Bertz CT molecular complexity index is 243. The van der Waals surface area contributed by atoms with Crippen molar-refractivity contribution in [3.8, 4) is 0 Å². The molecule has 1 fully saturated rings. The SMILES string of the molecule is CNC1(CC(=O)O)CCCN(C(C)C)CC1. The first-order valence-electron chi connectivity index (χ1n) is 6.14. The van der Waals surface area contributed by atoms with E-state index in [1.807, 2.05) is 7.05 Å². The Balaban J connectivity index is 2.64. The Hall–Kier alpha value is -0.610. The van der Waals surface area contributed by atoms with Crippen LogP contribution in [-0.4, -0.2) is 47.7 Å². The van der Waals surface area contributed by atoms with Gasteiger partial charge in [0, 0.05) is 18.1 Å². The summed E-state index contributed by atoms with van der Waals surface area (Å²) in [6, 6.07) is 0.553. The van der Waals surface area contributed by atoms with Crippen LogP contribution in [0.4, 0.5) is 0 Å². The van der Waals surface area contributed by atoms with Crippen LogP contribution in [0.25, 0.3) is 0 Å². The number of nitrogens with one attached hydrogen (secondary N) is 1. The summed E-state index contributed by atoms with van der Waals surface area (Å²) in [7, 11) is 1.88. The zero-order valence-electron chi connectivity index (χ0n) is 10.6. The summed E-state index contributed by atoms with van der Waals surface area (Å²) in [5.41, 5.74) is -0.199. The number of hydrogen-bond acceptors (Lipinski definition) is 3. The fraction of sp³-hybridized carbons (Fsp3) is 0.917. The molecule has 0 aromatic rings. The number of nitrogens with zero attached hydrogens (tertiary/aromatic N) is 1. The second-order valence-corrected chi connectivity index (χ2v) is 5.08. The van der Waals surface area contributed by atoms with Crippen LogP contribution in [0.1, 0.15) is 39.5 Å². The first-order chi connectivity index (χ1) is 7.49. The van der Waals surface area contributed by atoms with E-state index in [0.29, 0.717) is 6.04 Å². The molecule has 1 unspecified atom stereocenters. The second kappa shape index (κ2) is 5.64. The highest BCUT2D eigenvalue weighted by Gasteiger charge is 2.33. The summed E-state index contributed by atoms with van der Waals surface area (Å²) in [6.07, 6.45) is 3.19. The molecule has 0 aromatic heterocycles. The van der Waals surface area contributed by atoms with Crippen LogP contribution in [0.2, 0.25) is 0 Å². The van der Waals surface area contributed by atoms with Crippen LogP contribution < -0.4 is 5.32 Å². The van der Waals surface area contributed by atoms with Crippen molar-refractivity contribution < 1.29 is 9.90 Å². The van der Waals surface area contributed by atoms with Gasteiger partial charge in [-0.05, 0) is 46.7 Å². The van der Waals surface area contributed by atoms with Crippen LogP contribution in [0.15, 0.2) is 0 Å². The maximum atomic E-state index is 10.9. The van der Waals surface area contributed by atoms with Crippen molar-refractivity contribution in [1.29, 1.82) is 0 Å². The summed E-state index contributed by atoms with van der Waals surface area (Å²) in [5, 5.41) is 12.2. The minimum absolute atomic E-state index is 0.199. The molecule has 1 aliphatic heterocycles. The lowest BCUT2D eigenvalue weighted by Crippen LogP contribution is -2.45. The van der Waals surface area contributed by atoms with E-state index in [2.05, 4.69) is 24.1 Å². The maximum absolute atomic E-state index is 10.9. The van der Waals surface area contributed by atoms with Gasteiger partial charge in [-0.1, -0.05) is 0 Å². The molecule has 0 aromatic carbocycles. The van der Waals surface area contributed by atoms with E-state index in [1.54, 1.807) is 0 Å². The number of carboxylic acid groups (broad SMARTS) is 1. The predicted octanol–water partition coefficient (Wildman–Crippen LogP) is 1.31. The highest BCUT2D eigenvalue weighted by atomic mass is 16.4. The van der Waals surface area contributed by atoms with Gasteiger partial charge in [-0.15, -0.1) is 0 Å². The third-order valence-electron chi connectivity index (χ3n) is 3.73. The van der Waals surface area contributed by atoms with Crippen molar-refractivity contribution in [2.75, 3.05) is 20.1 Å². The molecule has 1 heterocycles. The fourth-order valence-electron chi connectivity index (χ4n) is 2.54. The summed E-state index contributed by atoms with van der Waals surface area (Å²) in [6.45, 7) is 6.47. The second-order valence-electron chi connectivity index (χ2n) is 5.08. The van der Waals surface area contributed by atoms with Crippen molar-refractivity contribution in [1.82, 2.24) is 10.2 Å². The minimum Gasteiger partial charge on any atom is -0.481 e. The molecule has 94 valence electrons. The molecule has 1 saturated heterocycles. The number of likely N-dealkylation sites (tertiary alicyclic amines) is 1. The van der Waals surface area contributed by atoms with Gasteiger partial charge in [0.25, 0.3) is 0 Å². The molecule has 1 rings (SSSR count). The lowest BCUT2D eigenvalue weighted by Gasteiger charge is -2.31. The molecule has 0 saturated carbocycles. The molecular formula is C12H24N2O2.